The second-order valence-corrected chi connectivity index (χ2v) is 9.48. The van der Waals surface area contributed by atoms with E-state index in [9.17, 15) is 13.5 Å². The summed E-state index contributed by atoms with van der Waals surface area (Å²) in [5.41, 5.74) is 0.607. The number of anilines is 1. The molecule has 1 aromatic heterocycles. The summed E-state index contributed by atoms with van der Waals surface area (Å²) in [5, 5.41) is 11.0. The van der Waals surface area contributed by atoms with Gasteiger partial charge in [-0.3, -0.25) is 4.98 Å². The molecule has 138 valence electrons. The molecule has 0 atom stereocenters. The lowest BCUT2D eigenvalue weighted by Gasteiger charge is -2.40. The fraction of sp³-hybridized carbons (Fsp3) is 0.706. The van der Waals surface area contributed by atoms with E-state index in [4.69, 9.17) is 9.47 Å². The molecule has 3 heterocycles. The fourth-order valence-electron chi connectivity index (χ4n) is 3.91. The van der Waals surface area contributed by atoms with Crippen molar-refractivity contribution in [2.24, 2.45) is 0 Å². The van der Waals surface area contributed by atoms with Gasteiger partial charge in [-0.15, -0.1) is 0 Å². The molecule has 1 aromatic rings. The van der Waals surface area contributed by atoms with Gasteiger partial charge in [0.2, 0.25) is 0 Å². The van der Waals surface area contributed by atoms with Crippen molar-refractivity contribution < 1.29 is 23.0 Å². The highest BCUT2D eigenvalue weighted by Gasteiger charge is 2.46. The number of hydrogen-bond acceptors (Lipinski definition) is 7. The molecular formula is C17H24N2O5S. The maximum atomic E-state index is 11.5. The van der Waals surface area contributed by atoms with Crippen molar-refractivity contribution in [3.63, 3.8) is 0 Å². The topological polar surface area (TPSA) is 89.0 Å². The van der Waals surface area contributed by atoms with Crippen molar-refractivity contribution in [3.05, 3.63) is 24.0 Å². The van der Waals surface area contributed by atoms with Gasteiger partial charge in [-0.2, -0.15) is 0 Å². The van der Waals surface area contributed by atoms with E-state index in [1.165, 1.54) is 0 Å². The lowest BCUT2D eigenvalue weighted by Crippen LogP contribution is -2.42. The summed E-state index contributed by atoms with van der Waals surface area (Å²) in [7, 11) is -2.90. The number of aliphatic hydroxyl groups is 1. The zero-order valence-electron chi connectivity index (χ0n) is 14.2. The van der Waals surface area contributed by atoms with Crippen LogP contribution in [0.25, 0.3) is 0 Å². The average Bonchev–Trinajstić information content (AvgIpc) is 3.07. The molecule has 1 N–H and O–H groups in total. The standard InChI is InChI=1S/C17H24N2O5S/c20-16(3-5-17(6-4-16)23-9-10-24-17)15-2-1-14(13-18-15)19-7-11-25(21,22)12-8-19/h1-2,13,20H,3-12H2. The van der Waals surface area contributed by atoms with Gasteiger partial charge in [0.1, 0.15) is 5.60 Å². The molecule has 0 amide bonds. The van der Waals surface area contributed by atoms with Crippen LogP contribution in [0.2, 0.25) is 0 Å². The Morgan fingerprint density at radius 3 is 2.24 bits per heavy atom. The van der Waals surface area contributed by atoms with Crippen LogP contribution in [0.1, 0.15) is 31.4 Å². The molecule has 2 aliphatic heterocycles. The third kappa shape index (κ3) is 3.40. The summed E-state index contributed by atoms with van der Waals surface area (Å²) in [4.78, 5) is 6.50. The summed E-state index contributed by atoms with van der Waals surface area (Å²) >= 11 is 0. The number of nitrogens with zero attached hydrogens (tertiary/aromatic N) is 2. The molecule has 8 heteroatoms. The molecule has 1 spiro atoms. The predicted octanol–water partition coefficient (Wildman–Crippen LogP) is 0.821. The van der Waals surface area contributed by atoms with Crippen LogP contribution in [0.15, 0.2) is 18.3 Å². The molecule has 2 saturated heterocycles. The molecule has 0 aromatic carbocycles. The van der Waals surface area contributed by atoms with Crippen LogP contribution in [-0.2, 0) is 24.9 Å². The average molecular weight is 368 g/mol. The zero-order chi connectivity index (χ0) is 17.5. The highest BCUT2D eigenvalue weighted by Crippen LogP contribution is 2.44. The van der Waals surface area contributed by atoms with Gasteiger partial charge in [0.15, 0.2) is 15.6 Å². The number of sulfone groups is 1. The number of ether oxygens (including phenoxy) is 2. The maximum Gasteiger partial charge on any atom is 0.168 e. The van der Waals surface area contributed by atoms with Crippen LogP contribution >= 0.6 is 0 Å². The van der Waals surface area contributed by atoms with Crippen molar-refractivity contribution in [3.8, 4) is 0 Å². The van der Waals surface area contributed by atoms with Gasteiger partial charge in [0, 0.05) is 25.9 Å². The Morgan fingerprint density at radius 2 is 1.68 bits per heavy atom. The van der Waals surface area contributed by atoms with Crippen molar-refractivity contribution in [1.29, 1.82) is 0 Å². The van der Waals surface area contributed by atoms with Gasteiger partial charge in [-0.05, 0) is 25.0 Å². The Labute approximate surface area is 147 Å². The molecule has 0 unspecified atom stereocenters. The number of rotatable bonds is 2. The van der Waals surface area contributed by atoms with Crippen LogP contribution < -0.4 is 4.90 Å². The first kappa shape index (κ1) is 17.2. The molecule has 7 nitrogen and oxygen atoms in total. The Hall–Kier alpha value is -1.22. The summed E-state index contributed by atoms with van der Waals surface area (Å²) in [6.07, 6.45) is 4.18. The first-order chi connectivity index (χ1) is 11.9. The van der Waals surface area contributed by atoms with Crippen LogP contribution in [0.3, 0.4) is 0 Å². The van der Waals surface area contributed by atoms with E-state index >= 15 is 0 Å². The molecule has 0 radical (unpaired) electrons. The molecule has 3 aliphatic rings. The summed E-state index contributed by atoms with van der Waals surface area (Å²) in [6.45, 7) is 2.23. The Balaban J connectivity index is 1.43. The van der Waals surface area contributed by atoms with Gasteiger partial charge in [-0.1, -0.05) is 0 Å². The minimum absolute atomic E-state index is 0.181. The second-order valence-electron chi connectivity index (χ2n) is 7.18. The predicted molar refractivity (Wildman–Crippen MR) is 92.1 cm³/mol. The number of pyridine rings is 1. The van der Waals surface area contributed by atoms with Crippen LogP contribution in [0, 0.1) is 0 Å². The van der Waals surface area contributed by atoms with E-state index in [-0.39, 0.29) is 11.5 Å². The smallest absolute Gasteiger partial charge is 0.168 e. The third-order valence-electron chi connectivity index (χ3n) is 5.59. The Kier molecular flexibility index (Phi) is 4.26. The normalized spacial score (nSPS) is 27.5. The molecule has 0 bridgehead atoms. The van der Waals surface area contributed by atoms with Gasteiger partial charge in [-0.25, -0.2) is 8.42 Å². The van der Waals surface area contributed by atoms with Gasteiger partial charge >= 0.3 is 0 Å². The van der Waals surface area contributed by atoms with Crippen molar-refractivity contribution in [1.82, 2.24) is 4.98 Å². The van der Waals surface area contributed by atoms with E-state index in [1.54, 1.807) is 6.20 Å². The molecule has 3 fully saturated rings. The quantitative estimate of drug-likeness (QED) is 0.827. The lowest BCUT2D eigenvalue weighted by molar-refractivity contribution is -0.204. The van der Waals surface area contributed by atoms with E-state index in [0.29, 0.717) is 57.7 Å². The number of hydrogen-bond donors (Lipinski definition) is 1. The summed E-state index contributed by atoms with van der Waals surface area (Å²) < 4.78 is 34.5. The van der Waals surface area contributed by atoms with E-state index in [1.807, 2.05) is 17.0 Å². The Morgan fingerprint density at radius 1 is 1.04 bits per heavy atom. The monoisotopic (exact) mass is 368 g/mol. The SMILES string of the molecule is O=S1(=O)CCN(c2ccc(C3(O)CCC4(CC3)OCCO4)nc2)CC1. The van der Waals surface area contributed by atoms with Gasteiger partial charge in [0.05, 0.1) is 42.3 Å². The molecule has 4 rings (SSSR count). The van der Waals surface area contributed by atoms with Crippen LogP contribution in [-0.4, -0.2) is 62.1 Å². The first-order valence-corrected chi connectivity index (χ1v) is 10.6. The van der Waals surface area contributed by atoms with Gasteiger partial charge < -0.3 is 19.5 Å². The third-order valence-corrected chi connectivity index (χ3v) is 7.20. The summed E-state index contributed by atoms with van der Waals surface area (Å²) in [5.74, 6) is -0.146. The number of aromatic nitrogens is 1. The first-order valence-electron chi connectivity index (χ1n) is 8.82. The van der Waals surface area contributed by atoms with Gasteiger partial charge in [0.25, 0.3) is 0 Å². The Bertz CT molecular complexity index is 704. The molecule has 25 heavy (non-hydrogen) atoms. The molecule has 1 saturated carbocycles. The van der Waals surface area contributed by atoms with Crippen molar-refractivity contribution in [2.45, 2.75) is 37.1 Å². The molecular weight excluding hydrogens is 344 g/mol. The summed E-state index contributed by atoms with van der Waals surface area (Å²) in [6, 6.07) is 3.78. The highest BCUT2D eigenvalue weighted by atomic mass is 32.2. The van der Waals surface area contributed by atoms with Crippen LogP contribution in [0.4, 0.5) is 5.69 Å². The van der Waals surface area contributed by atoms with E-state index in [2.05, 4.69) is 4.98 Å². The van der Waals surface area contributed by atoms with Crippen LogP contribution in [0.5, 0.6) is 0 Å². The molecule has 1 aliphatic carbocycles. The van der Waals surface area contributed by atoms with E-state index in [0.717, 1.165) is 5.69 Å². The lowest BCUT2D eigenvalue weighted by atomic mass is 9.79. The minimum atomic E-state index is -2.90. The minimum Gasteiger partial charge on any atom is -0.384 e. The largest absolute Gasteiger partial charge is 0.384 e. The highest BCUT2D eigenvalue weighted by molar-refractivity contribution is 7.91. The van der Waals surface area contributed by atoms with Crippen molar-refractivity contribution in [2.75, 3.05) is 42.7 Å². The van der Waals surface area contributed by atoms with Crippen molar-refractivity contribution >= 4 is 15.5 Å². The second kappa shape index (κ2) is 6.19. The fourth-order valence-corrected chi connectivity index (χ4v) is 5.11. The maximum absolute atomic E-state index is 11.5. The zero-order valence-corrected chi connectivity index (χ0v) is 15.0. The van der Waals surface area contributed by atoms with E-state index < -0.39 is 21.2 Å².